The van der Waals surface area contributed by atoms with Crippen LogP contribution in [0, 0.1) is 5.41 Å². The fourth-order valence-electron chi connectivity index (χ4n) is 2.94. The van der Waals surface area contributed by atoms with Crippen LogP contribution in [-0.2, 0) is 4.74 Å². The van der Waals surface area contributed by atoms with E-state index >= 15 is 0 Å². The summed E-state index contributed by atoms with van der Waals surface area (Å²) in [4.78, 5) is 12.1. The Balaban J connectivity index is 1.83. The largest absolute Gasteiger partial charge is 0.384 e. The second-order valence-electron chi connectivity index (χ2n) is 5.99. The minimum atomic E-state index is -0.0897. The zero-order valence-corrected chi connectivity index (χ0v) is 13.0. The molecule has 1 aromatic carbocycles. The van der Waals surface area contributed by atoms with Crippen LogP contribution in [0.4, 0.5) is 4.79 Å². The Hall–Kier alpha value is -1.55. The molecule has 0 radical (unpaired) electrons. The van der Waals surface area contributed by atoms with Gasteiger partial charge in [-0.2, -0.15) is 0 Å². The average molecular weight is 290 g/mol. The summed E-state index contributed by atoms with van der Waals surface area (Å²) in [7, 11) is 1.72. The van der Waals surface area contributed by atoms with Crippen LogP contribution in [0.25, 0.3) is 0 Å². The van der Waals surface area contributed by atoms with Crippen LogP contribution in [0.5, 0.6) is 0 Å². The molecule has 21 heavy (non-hydrogen) atoms. The summed E-state index contributed by atoms with van der Waals surface area (Å²) < 4.78 is 5.28. The lowest BCUT2D eigenvalue weighted by Gasteiger charge is -2.41. The zero-order chi connectivity index (χ0) is 15.1. The zero-order valence-electron chi connectivity index (χ0n) is 13.0. The molecule has 2 N–H and O–H groups in total. The van der Waals surface area contributed by atoms with Crippen molar-refractivity contribution in [1.82, 2.24) is 10.6 Å². The highest BCUT2D eigenvalue weighted by Gasteiger charge is 2.37. The van der Waals surface area contributed by atoms with E-state index in [1.807, 2.05) is 30.3 Å². The number of carbonyl (C=O) groups excluding carboxylic acids is 1. The third-order valence-electron chi connectivity index (χ3n) is 4.40. The summed E-state index contributed by atoms with van der Waals surface area (Å²) in [5, 5.41) is 6.07. The van der Waals surface area contributed by atoms with Gasteiger partial charge in [-0.3, -0.25) is 0 Å². The Morgan fingerprint density at radius 2 is 2.05 bits per heavy atom. The van der Waals surface area contributed by atoms with Crippen molar-refractivity contribution >= 4 is 6.03 Å². The van der Waals surface area contributed by atoms with Crippen LogP contribution in [0.2, 0.25) is 0 Å². The Kier molecular flexibility index (Phi) is 5.62. The van der Waals surface area contributed by atoms with Crippen LogP contribution < -0.4 is 10.6 Å². The molecule has 4 nitrogen and oxygen atoms in total. The molecule has 4 heteroatoms. The highest BCUT2D eigenvalue weighted by Crippen LogP contribution is 2.40. The quantitative estimate of drug-likeness (QED) is 0.810. The Morgan fingerprint density at radius 3 is 2.57 bits per heavy atom. The standard InChI is InChI=1S/C17H26N2O2/c1-3-15(14-8-5-4-6-9-14)19-16(20)18-12-17(13-21-2)10-7-11-17/h4-6,8-9,15H,3,7,10-13H2,1-2H3,(H2,18,19,20)/t15-/m1/s1. The molecule has 0 saturated heterocycles. The Morgan fingerprint density at radius 1 is 1.33 bits per heavy atom. The van der Waals surface area contributed by atoms with E-state index < -0.39 is 0 Å². The van der Waals surface area contributed by atoms with E-state index in [4.69, 9.17) is 4.74 Å². The Labute approximate surface area is 127 Å². The maximum atomic E-state index is 12.1. The van der Waals surface area contributed by atoms with Gasteiger partial charge in [0.05, 0.1) is 12.6 Å². The van der Waals surface area contributed by atoms with Crippen LogP contribution in [0.15, 0.2) is 30.3 Å². The van der Waals surface area contributed by atoms with Crippen LogP contribution in [-0.4, -0.2) is 26.3 Å². The lowest BCUT2D eigenvalue weighted by molar-refractivity contribution is 0.0199. The molecule has 0 aromatic heterocycles. The van der Waals surface area contributed by atoms with Crippen molar-refractivity contribution in [3.05, 3.63) is 35.9 Å². The van der Waals surface area contributed by atoms with Gasteiger partial charge >= 0.3 is 6.03 Å². The molecule has 0 unspecified atom stereocenters. The Bertz CT molecular complexity index is 443. The van der Waals surface area contributed by atoms with Gasteiger partial charge in [-0.1, -0.05) is 43.7 Å². The maximum absolute atomic E-state index is 12.1. The molecule has 1 aliphatic carbocycles. The van der Waals surface area contributed by atoms with Gasteiger partial charge in [0.1, 0.15) is 0 Å². The first-order valence-corrected chi connectivity index (χ1v) is 7.77. The molecule has 1 atom stereocenters. The molecule has 1 aliphatic rings. The molecule has 0 aliphatic heterocycles. The van der Waals surface area contributed by atoms with Gasteiger partial charge in [0, 0.05) is 19.1 Å². The van der Waals surface area contributed by atoms with Crippen molar-refractivity contribution in [3.63, 3.8) is 0 Å². The fourth-order valence-corrected chi connectivity index (χ4v) is 2.94. The molecular weight excluding hydrogens is 264 g/mol. The monoisotopic (exact) mass is 290 g/mol. The number of methoxy groups -OCH3 is 1. The SMILES string of the molecule is CC[C@@H](NC(=O)NCC1(COC)CCC1)c1ccccc1. The topological polar surface area (TPSA) is 50.4 Å². The van der Waals surface area contributed by atoms with Gasteiger partial charge in [0.25, 0.3) is 0 Å². The lowest BCUT2D eigenvalue weighted by atomic mass is 9.69. The molecule has 116 valence electrons. The third kappa shape index (κ3) is 4.21. The van der Waals surface area contributed by atoms with Crippen LogP contribution >= 0.6 is 0 Å². The number of urea groups is 1. The normalized spacial score (nSPS) is 17.6. The van der Waals surface area contributed by atoms with Crippen molar-refractivity contribution in [3.8, 4) is 0 Å². The lowest BCUT2D eigenvalue weighted by Crippen LogP contribution is -2.48. The van der Waals surface area contributed by atoms with Gasteiger partial charge in [0.2, 0.25) is 0 Å². The van der Waals surface area contributed by atoms with Crippen molar-refractivity contribution in [2.45, 2.75) is 38.6 Å². The van der Waals surface area contributed by atoms with Gasteiger partial charge in [0.15, 0.2) is 0 Å². The van der Waals surface area contributed by atoms with Gasteiger partial charge < -0.3 is 15.4 Å². The average Bonchev–Trinajstić information content (AvgIpc) is 2.48. The highest BCUT2D eigenvalue weighted by atomic mass is 16.5. The molecule has 0 bridgehead atoms. The van der Waals surface area contributed by atoms with E-state index in [1.54, 1.807) is 7.11 Å². The second-order valence-corrected chi connectivity index (χ2v) is 5.99. The predicted molar refractivity (Wildman–Crippen MR) is 84.2 cm³/mol. The fraction of sp³-hybridized carbons (Fsp3) is 0.588. The smallest absolute Gasteiger partial charge is 0.315 e. The van der Waals surface area contributed by atoms with Crippen molar-refractivity contribution in [1.29, 1.82) is 0 Å². The minimum Gasteiger partial charge on any atom is -0.384 e. The molecule has 0 heterocycles. The molecule has 1 aromatic rings. The first kappa shape index (κ1) is 15.8. The molecule has 2 amide bonds. The third-order valence-corrected chi connectivity index (χ3v) is 4.40. The van der Waals surface area contributed by atoms with E-state index in [1.165, 1.54) is 6.42 Å². The summed E-state index contributed by atoms with van der Waals surface area (Å²) in [5.74, 6) is 0. The van der Waals surface area contributed by atoms with E-state index in [9.17, 15) is 4.79 Å². The molecule has 1 fully saturated rings. The number of nitrogens with one attached hydrogen (secondary N) is 2. The summed E-state index contributed by atoms with van der Waals surface area (Å²) in [6, 6.07) is 10.1. The predicted octanol–water partition coefficient (Wildman–Crippen LogP) is 3.25. The summed E-state index contributed by atoms with van der Waals surface area (Å²) >= 11 is 0. The van der Waals surface area contributed by atoms with Crippen molar-refractivity contribution in [2.75, 3.05) is 20.3 Å². The number of amides is 2. The van der Waals surface area contributed by atoms with Crippen molar-refractivity contribution in [2.24, 2.45) is 5.41 Å². The summed E-state index contributed by atoms with van der Waals surface area (Å²) in [5.41, 5.74) is 1.30. The van der Waals surface area contributed by atoms with Gasteiger partial charge in [-0.25, -0.2) is 4.79 Å². The first-order valence-electron chi connectivity index (χ1n) is 7.77. The summed E-state index contributed by atoms with van der Waals surface area (Å²) in [6.45, 7) is 3.50. The number of benzene rings is 1. The van der Waals surface area contributed by atoms with E-state index in [-0.39, 0.29) is 17.5 Å². The van der Waals surface area contributed by atoms with Crippen molar-refractivity contribution < 1.29 is 9.53 Å². The number of hydrogen-bond acceptors (Lipinski definition) is 2. The maximum Gasteiger partial charge on any atom is 0.315 e. The van der Waals surface area contributed by atoms with E-state index in [0.29, 0.717) is 6.54 Å². The highest BCUT2D eigenvalue weighted by molar-refractivity contribution is 5.74. The van der Waals surface area contributed by atoms with E-state index in [0.717, 1.165) is 31.4 Å². The van der Waals surface area contributed by atoms with Crippen LogP contribution in [0.3, 0.4) is 0 Å². The molecule has 0 spiro atoms. The number of rotatable bonds is 7. The molecule has 2 rings (SSSR count). The number of ether oxygens (including phenoxy) is 1. The van der Waals surface area contributed by atoms with Gasteiger partial charge in [-0.15, -0.1) is 0 Å². The number of carbonyl (C=O) groups is 1. The van der Waals surface area contributed by atoms with E-state index in [2.05, 4.69) is 17.6 Å². The summed E-state index contributed by atoms with van der Waals surface area (Å²) in [6.07, 6.45) is 4.38. The van der Waals surface area contributed by atoms with Gasteiger partial charge in [-0.05, 0) is 24.8 Å². The van der Waals surface area contributed by atoms with Crippen LogP contribution in [0.1, 0.15) is 44.2 Å². The molecular formula is C17H26N2O2. The second kappa shape index (κ2) is 7.46. The first-order chi connectivity index (χ1) is 10.2. The molecule has 1 saturated carbocycles. The number of hydrogen-bond donors (Lipinski definition) is 2. The minimum absolute atomic E-state index is 0.0611.